The number of aromatic nitrogens is 2. The summed E-state index contributed by atoms with van der Waals surface area (Å²) in [5, 5.41) is 11.9. The van der Waals surface area contributed by atoms with Crippen molar-refractivity contribution in [3.05, 3.63) is 11.7 Å². The van der Waals surface area contributed by atoms with Crippen molar-refractivity contribution in [2.75, 3.05) is 6.61 Å². The second kappa shape index (κ2) is 3.25. The molecule has 1 rings (SSSR count). The highest BCUT2D eigenvalue weighted by molar-refractivity contribution is 5.89. The molecule has 0 aliphatic rings. The Balaban J connectivity index is 2.73. The average Bonchev–Trinajstić information content (AvgIpc) is 2.37. The molecule has 0 radical (unpaired) electrons. The molecule has 0 unspecified atom stereocenters. The van der Waals surface area contributed by atoms with Gasteiger partial charge in [0.25, 0.3) is 5.89 Å². The zero-order chi connectivity index (χ0) is 8.27. The molecule has 60 valence electrons. The number of ketones is 1. The highest BCUT2D eigenvalue weighted by atomic mass is 16.5. The van der Waals surface area contributed by atoms with Crippen molar-refractivity contribution < 1.29 is 14.4 Å². The van der Waals surface area contributed by atoms with E-state index in [9.17, 15) is 4.79 Å². The van der Waals surface area contributed by atoms with Crippen LogP contribution in [0.1, 0.15) is 23.4 Å². The molecule has 1 aromatic rings. The van der Waals surface area contributed by atoms with Crippen molar-refractivity contribution in [3.8, 4) is 0 Å². The van der Waals surface area contributed by atoms with E-state index in [0.29, 0.717) is 12.2 Å². The number of carbonyl (C=O) groups is 1. The highest BCUT2D eigenvalue weighted by Crippen LogP contribution is 1.97. The molecule has 0 aromatic carbocycles. The maximum atomic E-state index is 10.6. The summed E-state index contributed by atoms with van der Waals surface area (Å²) in [7, 11) is 0. The summed E-state index contributed by atoms with van der Waals surface area (Å²) in [6.07, 6.45) is 0.316. The third-order valence-electron chi connectivity index (χ3n) is 1.10. The van der Waals surface area contributed by atoms with Crippen LogP contribution in [0.3, 0.4) is 0 Å². The van der Waals surface area contributed by atoms with Crippen molar-refractivity contribution in [2.45, 2.75) is 13.3 Å². The predicted octanol–water partition coefficient (Wildman–Crippen LogP) is -0.193. The van der Waals surface area contributed by atoms with Crippen molar-refractivity contribution in [1.82, 2.24) is 10.1 Å². The van der Waals surface area contributed by atoms with Crippen molar-refractivity contribution in [2.24, 2.45) is 0 Å². The minimum atomic E-state index is -0.262. The predicted molar refractivity (Wildman–Crippen MR) is 35.1 cm³/mol. The highest BCUT2D eigenvalue weighted by Gasteiger charge is 2.08. The Hall–Kier alpha value is -1.23. The van der Waals surface area contributed by atoms with E-state index in [-0.39, 0.29) is 18.3 Å². The molecular weight excluding hydrogens is 148 g/mol. The first-order valence-corrected chi connectivity index (χ1v) is 3.18. The largest absolute Gasteiger partial charge is 0.396 e. The second-order valence-electron chi connectivity index (χ2n) is 2.05. The van der Waals surface area contributed by atoms with E-state index in [1.807, 2.05) is 0 Å². The lowest BCUT2D eigenvalue weighted by atomic mass is 10.4. The fourth-order valence-corrected chi connectivity index (χ4v) is 0.599. The van der Waals surface area contributed by atoms with Crippen LogP contribution in [0.4, 0.5) is 0 Å². The third-order valence-corrected chi connectivity index (χ3v) is 1.10. The normalized spacial score (nSPS) is 10.0. The summed E-state index contributed by atoms with van der Waals surface area (Å²) >= 11 is 0. The quantitative estimate of drug-likeness (QED) is 0.613. The molecule has 0 saturated carbocycles. The Morgan fingerprint density at radius 3 is 2.91 bits per heavy atom. The maximum Gasteiger partial charge on any atom is 0.293 e. The minimum absolute atomic E-state index is 0.00606. The molecular formula is C6H8N2O3. The van der Waals surface area contributed by atoms with E-state index in [1.165, 1.54) is 6.92 Å². The van der Waals surface area contributed by atoms with Crippen molar-refractivity contribution in [3.63, 3.8) is 0 Å². The molecule has 1 heterocycles. The van der Waals surface area contributed by atoms with Crippen LogP contribution in [0.2, 0.25) is 0 Å². The number of carbonyl (C=O) groups excluding carboxylic acids is 1. The minimum Gasteiger partial charge on any atom is -0.396 e. The van der Waals surface area contributed by atoms with Gasteiger partial charge in [-0.3, -0.25) is 4.79 Å². The number of nitrogens with zero attached hydrogens (tertiary/aromatic N) is 2. The van der Waals surface area contributed by atoms with Gasteiger partial charge in [-0.1, -0.05) is 5.16 Å². The molecule has 0 spiro atoms. The standard InChI is InChI=1S/C6H8N2O3/c1-4(10)6-7-5(2-3-9)8-11-6/h9H,2-3H2,1H3. The number of Topliss-reactive ketones (excluding diaryl/α,β-unsaturated/α-hetero) is 1. The lowest BCUT2D eigenvalue weighted by molar-refractivity contribution is 0.0972. The van der Waals surface area contributed by atoms with E-state index < -0.39 is 0 Å². The van der Waals surface area contributed by atoms with E-state index in [1.54, 1.807) is 0 Å². The molecule has 5 heteroatoms. The molecule has 0 atom stereocenters. The molecule has 1 N–H and O–H groups in total. The zero-order valence-corrected chi connectivity index (χ0v) is 6.07. The summed E-state index contributed by atoms with van der Waals surface area (Å²) in [5.74, 6) is 0.0906. The van der Waals surface area contributed by atoms with E-state index in [2.05, 4.69) is 14.7 Å². The smallest absolute Gasteiger partial charge is 0.293 e. The Morgan fingerprint density at radius 2 is 2.45 bits per heavy atom. The van der Waals surface area contributed by atoms with E-state index >= 15 is 0 Å². The number of hydrogen-bond acceptors (Lipinski definition) is 5. The molecule has 0 saturated heterocycles. The fraction of sp³-hybridized carbons (Fsp3) is 0.500. The molecule has 0 aliphatic carbocycles. The molecule has 1 aromatic heterocycles. The van der Waals surface area contributed by atoms with Crippen molar-refractivity contribution in [1.29, 1.82) is 0 Å². The molecule has 0 bridgehead atoms. The average molecular weight is 156 g/mol. The van der Waals surface area contributed by atoms with Gasteiger partial charge in [-0.25, -0.2) is 0 Å². The first-order chi connectivity index (χ1) is 5.24. The molecule has 0 fully saturated rings. The molecule has 0 aliphatic heterocycles. The van der Waals surface area contributed by atoms with Gasteiger partial charge in [0.05, 0.1) is 6.61 Å². The summed E-state index contributed by atoms with van der Waals surface area (Å²) in [5.41, 5.74) is 0. The first kappa shape index (κ1) is 7.87. The molecule has 0 amide bonds. The van der Waals surface area contributed by atoms with Crippen LogP contribution in [0, 0.1) is 0 Å². The van der Waals surface area contributed by atoms with Crippen LogP contribution < -0.4 is 0 Å². The summed E-state index contributed by atoms with van der Waals surface area (Å²) in [6, 6.07) is 0. The van der Waals surface area contributed by atoms with Crippen LogP contribution in [-0.2, 0) is 6.42 Å². The Kier molecular flexibility index (Phi) is 2.32. The van der Waals surface area contributed by atoms with Crippen molar-refractivity contribution >= 4 is 5.78 Å². The van der Waals surface area contributed by atoms with Gasteiger partial charge in [0.15, 0.2) is 5.82 Å². The maximum absolute atomic E-state index is 10.6. The number of aliphatic hydroxyl groups excluding tert-OH is 1. The van der Waals surface area contributed by atoms with Gasteiger partial charge in [0.1, 0.15) is 0 Å². The second-order valence-corrected chi connectivity index (χ2v) is 2.05. The first-order valence-electron chi connectivity index (χ1n) is 3.18. The zero-order valence-electron chi connectivity index (χ0n) is 6.07. The van der Waals surface area contributed by atoms with Crippen LogP contribution in [0.15, 0.2) is 4.52 Å². The Bertz CT molecular complexity index is 256. The molecule has 5 nitrogen and oxygen atoms in total. The molecule has 11 heavy (non-hydrogen) atoms. The van der Waals surface area contributed by atoms with Gasteiger partial charge >= 0.3 is 0 Å². The van der Waals surface area contributed by atoms with Crippen LogP contribution in [0.5, 0.6) is 0 Å². The van der Waals surface area contributed by atoms with Gasteiger partial charge < -0.3 is 9.63 Å². The van der Waals surface area contributed by atoms with E-state index in [0.717, 1.165) is 0 Å². The van der Waals surface area contributed by atoms with Gasteiger partial charge in [-0.15, -0.1) is 0 Å². The van der Waals surface area contributed by atoms with Gasteiger partial charge in [-0.2, -0.15) is 4.98 Å². The number of aliphatic hydroxyl groups is 1. The summed E-state index contributed by atoms with van der Waals surface area (Å²) in [4.78, 5) is 14.3. The summed E-state index contributed by atoms with van der Waals surface area (Å²) < 4.78 is 4.56. The lowest BCUT2D eigenvalue weighted by Crippen LogP contribution is -1.95. The van der Waals surface area contributed by atoms with Gasteiger partial charge in [-0.05, 0) is 0 Å². The van der Waals surface area contributed by atoms with Crippen LogP contribution in [0.25, 0.3) is 0 Å². The number of rotatable bonds is 3. The van der Waals surface area contributed by atoms with Crippen LogP contribution >= 0.6 is 0 Å². The monoisotopic (exact) mass is 156 g/mol. The van der Waals surface area contributed by atoms with Gasteiger partial charge in [0.2, 0.25) is 5.78 Å². The SMILES string of the molecule is CC(=O)c1nc(CCO)no1. The number of hydrogen-bond donors (Lipinski definition) is 1. The third kappa shape index (κ3) is 1.84. The lowest BCUT2D eigenvalue weighted by Gasteiger charge is -1.82. The summed E-state index contributed by atoms with van der Waals surface area (Å²) in [6.45, 7) is 1.30. The Labute approximate surface area is 63.0 Å². The van der Waals surface area contributed by atoms with Gasteiger partial charge in [0, 0.05) is 13.3 Å². The Morgan fingerprint density at radius 1 is 1.73 bits per heavy atom. The van der Waals surface area contributed by atoms with Crippen LogP contribution in [-0.4, -0.2) is 27.6 Å². The fourth-order valence-electron chi connectivity index (χ4n) is 0.599. The van der Waals surface area contributed by atoms with E-state index in [4.69, 9.17) is 5.11 Å². The topological polar surface area (TPSA) is 76.2 Å².